The second kappa shape index (κ2) is 5.65. The van der Waals surface area contributed by atoms with Gasteiger partial charge in [0.05, 0.1) is 19.6 Å². The van der Waals surface area contributed by atoms with Gasteiger partial charge in [-0.05, 0) is 36.4 Å². The maximum absolute atomic E-state index is 5.42. The van der Waals surface area contributed by atoms with Crippen LogP contribution < -0.4 is 14.8 Å². The molecule has 1 aliphatic rings. The first-order chi connectivity index (χ1) is 8.24. The van der Waals surface area contributed by atoms with Crippen molar-refractivity contribution in [3.63, 3.8) is 0 Å². The molecule has 4 heteroatoms. The van der Waals surface area contributed by atoms with E-state index in [1.54, 1.807) is 14.2 Å². The summed E-state index contributed by atoms with van der Waals surface area (Å²) in [5, 5.41) is 3.84. The molecule has 0 radical (unpaired) electrons. The molecule has 94 valence electrons. The summed E-state index contributed by atoms with van der Waals surface area (Å²) < 4.78 is 10.7. The second-order valence-electron chi connectivity index (χ2n) is 4.33. The third kappa shape index (κ3) is 2.87. The molecule has 0 spiro atoms. The van der Waals surface area contributed by atoms with E-state index in [0.29, 0.717) is 5.37 Å². The van der Waals surface area contributed by atoms with Crippen molar-refractivity contribution < 1.29 is 9.47 Å². The summed E-state index contributed by atoms with van der Waals surface area (Å²) in [7, 11) is 3.40. The molecule has 1 fully saturated rings. The van der Waals surface area contributed by atoms with Gasteiger partial charge in [-0.15, -0.1) is 11.8 Å². The van der Waals surface area contributed by atoms with Crippen LogP contribution in [0.5, 0.6) is 11.5 Å². The highest BCUT2D eigenvalue weighted by Gasteiger charge is 2.22. The van der Waals surface area contributed by atoms with Crippen LogP contribution in [0.25, 0.3) is 0 Å². The summed E-state index contributed by atoms with van der Waals surface area (Å²) in [6, 6.07) is 5.95. The van der Waals surface area contributed by atoms with Crippen LogP contribution in [0.1, 0.15) is 17.9 Å². The molecule has 3 nitrogen and oxygen atoms in total. The Labute approximate surface area is 107 Å². The second-order valence-corrected chi connectivity index (χ2v) is 5.47. The lowest BCUT2D eigenvalue weighted by molar-refractivity contribution is 0.395. The molecule has 1 saturated heterocycles. The summed E-state index contributed by atoms with van der Waals surface area (Å²) in [6.45, 7) is 3.32. The molecule has 1 aromatic carbocycles. The lowest BCUT2D eigenvalue weighted by atomic mass is 10.1. The zero-order chi connectivity index (χ0) is 12.3. The zero-order valence-electron chi connectivity index (χ0n) is 10.5. The minimum absolute atomic E-state index is 0.302. The monoisotopic (exact) mass is 253 g/mol. The van der Waals surface area contributed by atoms with Crippen LogP contribution in [0.2, 0.25) is 0 Å². The fourth-order valence-corrected chi connectivity index (χ4v) is 3.15. The predicted octanol–water partition coefficient (Wildman–Crippen LogP) is 2.67. The van der Waals surface area contributed by atoms with Gasteiger partial charge in [-0.3, -0.25) is 0 Å². The van der Waals surface area contributed by atoms with Gasteiger partial charge in [-0.1, -0.05) is 6.92 Å². The summed E-state index contributed by atoms with van der Waals surface area (Å²) >= 11 is 1.93. The lowest BCUT2D eigenvalue weighted by Crippen LogP contribution is -2.31. The van der Waals surface area contributed by atoms with Gasteiger partial charge in [0.2, 0.25) is 0 Å². The minimum Gasteiger partial charge on any atom is -0.497 e. The average Bonchev–Trinajstić information content (AvgIpc) is 2.39. The molecule has 1 N–H and O–H groups in total. The maximum Gasteiger partial charge on any atom is 0.124 e. The highest BCUT2D eigenvalue weighted by molar-refractivity contribution is 7.99. The molecule has 1 aliphatic heterocycles. The van der Waals surface area contributed by atoms with E-state index in [1.807, 2.05) is 23.9 Å². The van der Waals surface area contributed by atoms with Gasteiger partial charge >= 0.3 is 0 Å². The minimum atomic E-state index is 0.302. The first-order valence-corrected chi connectivity index (χ1v) is 6.86. The first kappa shape index (κ1) is 12.6. The van der Waals surface area contributed by atoms with Crippen LogP contribution in [-0.2, 0) is 0 Å². The van der Waals surface area contributed by atoms with Crippen LogP contribution in [0.3, 0.4) is 0 Å². The van der Waals surface area contributed by atoms with E-state index in [2.05, 4.69) is 18.3 Å². The van der Waals surface area contributed by atoms with Gasteiger partial charge in [-0.2, -0.15) is 0 Å². The van der Waals surface area contributed by atoms with Crippen molar-refractivity contribution in [3.05, 3.63) is 23.8 Å². The van der Waals surface area contributed by atoms with Gasteiger partial charge < -0.3 is 14.8 Å². The molecular weight excluding hydrogens is 234 g/mol. The Morgan fingerprint density at radius 1 is 1.29 bits per heavy atom. The molecule has 1 heterocycles. The smallest absolute Gasteiger partial charge is 0.124 e. The van der Waals surface area contributed by atoms with Gasteiger partial charge in [0.25, 0.3) is 0 Å². The quantitative estimate of drug-likeness (QED) is 0.897. The SMILES string of the molecule is COc1ccc(OC)c(C2NCC(C)CS2)c1. The van der Waals surface area contributed by atoms with Crippen molar-refractivity contribution in [2.45, 2.75) is 12.3 Å². The number of hydrogen-bond acceptors (Lipinski definition) is 4. The number of thioether (sulfide) groups is 1. The first-order valence-electron chi connectivity index (χ1n) is 5.81. The van der Waals surface area contributed by atoms with E-state index in [0.717, 1.165) is 24.0 Å². The number of benzene rings is 1. The lowest BCUT2D eigenvalue weighted by Gasteiger charge is -2.28. The summed E-state index contributed by atoms with van der Waals surface area (Å²) in [5.74, 6) is 3.71. The van der Waals surface area contributed by atoms with Gasteiger partial charge in [0, 0.05) is 5.56 Å². The molecule has 0 aromatic heterocycles. The summed E-state index contributed by atoms with van der Waals surface area (Å²) in [6.07, 6.45) is 0. The Morgan fingerprint density at radius 3 is 2.71 bits per heavy atom. The molecule has 2 atom stereocenters. The van der Waals surface area contributed by atoms with E-state index in [-0.39, 0.29) is 0 Å². The normalized spacial score (nSPS) is 24.4. The Hall–Kier alpha value is -0.870. The van der Waals surface area contributed by atoms with Gasteiger partial charge in [0.1, 0.15) is 11.5 Å². The fraction of sp³-hybridized carbons (Fsp3) is 0.538. The van der Waals surface area contributed by atoms with Crippen molar-refractivity contribution >= 4 is 11.8 Å². The fourth-order valence-electron chi connectivity index (χ4n) is 1.93. The number of ether oxygens (including phenoxy) is 2. The molecule has 0 bridgehead atoms. The summed E-state index contributed by atoms with van der Waals surface area (Å²) in [4.78, 5) is 0. The van der Waals surface area contributed by atoms with Crippen LogP contribution in [0, 0.1) is 5.92 Å². The van der Waals surface area contributed by atoms with Crippen molar-refractivity contribution in [2.75, 3.05) is 26.5 Å². The van der Waals surface area contributed by atoms with E-state index in [1.165, 1.54) is 11.3 Å². The molecular formula is C13H19NO2S. The van der Waals surface area contributed by atoms with Gasteiger partial charge in [-0.25, -0.2) is 0 Å². The molecule has 0 aliphatic carbocycles. The molecule has 0 amide bonds. The van der Waals surface area contributed by atoms with Crippen molar-refractivity contribution in [2.24, 2.45) is 5.92 Å². The molecule has 1 aromatic rings. The van der Waals surface area contributed by atoms with Gasteiger partial charge in [0.15, 0.2) is 0 Å². The Bertz CT molecular complexity index is 376. The maximum atomic E-state index is 5.42. The Balaban J connectivity index is 2.23. The third-order valence-electron chi connectivity index (χ3n) is 2.92. The molecule has 17 heavy (non-hydrogen) atoms. The topological polar surface area (TPSA) is 30.5 Å². The number of nitrogens with one attached hydrogen (secondary N) is 1. The zero-order valence-corrected chi connectivity index (χ0v) is 11.3. The highest BCUT2D eigenvalue weighted by Crippen LogP contribution is 2.38. The van der Waals surface area contributed by atoms with Crippen molar-refractivity contribution in [3.8, 4) is 11.5 Å². The van der Waals surface area contributed by atoms with Crippen LogP contribution >= 0.6 is 11.8 Å². The third-order valence-corrected chi connectivity index (χ3v) is 4.43. The largest absolute Gasteiger partial charge is 0.497 e. The number of hydrogen-bond donors (Lipinski definition) is 1. The molecule has 2 rings (SSSR count). The Kier molecular flexibility index (Phi) is 4.18. The molecule has 0 saturated carbocycles. The van der Waals surface area contributed by atoms with Crippen LogP contribution in [0.15, 0.2) is 18.2 Å². The van der Waals surface area contributed by atoms with E-state index in [9.17, 15) is 0 Å². The highest BCUT2D eigenvalue weighted by atomic mass is 32.2. The Morgan fingerprint density at radius 2 is 2.12 bits per heavy atom. The van der Waals surface area contributed by atoms with Crippen molar-refractivity contribution in [1.82, 2.24) is 5.32 Å². The van der Waals surface area contributed by atoms with E-state index >= 15 is 0 Å². The number of rotatable bonds is 3. The standard InChI is InChI=1S/C13H19NO2S/c1-9-7-14-13(17-8-9)11-6-10(15-2)4-5-12(11)16-3/h4-6,9,13-14H,7-8H2,1-3H3. The van der Waals surface area contributed by atoms with E-state index < -0.39 is 0 Å². The molecule has 2 unspecified atom stereocenters. The van der Waals surface area contributed by atoms with Crippen LogP contribution in [0.4, 0.5) is 0 Å². The number of methoxy groups -OCH3 is 2. The van der Waals surface area contributed by atoms with Crippen molar-refractivity contribution in [1.29, 1.82) is 0 Å². The predicted molar refractivity (Wildman–Crippen MR) is 71.9 cm³/mol. The summed E-state index contributed by atoms with van der Waals surface area (Å²) in [5.41, 5.74) is 1.17. The average molecular weight is 253 g/mol. The van der Waals surface area contributed by atoms with Crippen LogP contribution in [-0.4, -0.2) is 26.5 Å². The van der Waals surface area contributed by atoms with E-state index in [4.69, 9.17) is 9.47 Å².